The van der Waals surface area contributed by atoms with Crippen molar-refractivity contribution in [2.75, 3.05) is 38.1 Å². The van der Waals surface area contributed by atoms with E-state index in [-0.39, 0.29) is 11.8 Å². The molecule has 0 bridgehead atoms. The molecule has 0 radical (unpaired) electrons. The second-order valence-corrected chi connectivity index (χ2v) is 7.21. The zero-order valence-electron chi connectivity index (χ0n) is 16.8. The van der Waals surface area contributed by atoms with Gasteiger partial charge in [0.2, 0.25) is 0 Å². The van der Waals surface area contributed by atoms with Crippen molar-refractivity contribution in [3.63, 3.8) is 0 Å². The molecule has 2 aromatic carbocycles. The van der Waals surface area contributed by atoms with E-state index in [0.29, 0.717) is 19.6 Å². The molecule has 6 nitrogen and oxygen atoms in total. The predicted octanol–water partition coefficient (Wildman–Crippen LogP) is 3.22. The highest BCUT2D eigenvalue weighted by atomic mass is 19.4. The van der Waals surface area contributed by atoms with Gasteiger partial charge in [0.1, 0.15) is 0 Å². The fraction of sp³-hybridized carbons (Fsp3) is 0.364. The molecule has 1 unspecified atom stereocenters. The van der Waals surface area contributed by atoms with Crippen molar-refractivity contribution in [3.05, 3.63) is 65.7 Å². The summed E-state index contributed by atoms with van der Waals surface area (Å²) in [5, 5.41) is 4.82. The first kappa shape index (κ1) is 22.8. The average molecular weight is 435 g/mol. The number of nitrogens with one attached hydrogen (secondary N) is 2. The lowest BCUT2D eigenvalue weighted by molar-refractivity contribution is -0.137. The molecule has 1 fully saturated rings. The number of alkyl halides is 3. The Morgan fingerprint density at radius 1 is 1.03 bits per heavy atom. The van der Waals surface area contributed by atoms with Gasteiger partial charge in [-0.25, -0.2) is 0 Å². The van der Waals surface area contributed by atoms with E-state index in [0.717, 1.165) is 49.5 Å². The molecule has 2 amide bonds. The van der Waals surface area contributed by atoms with E-state index >= 15 is 0 Å². The van der Waals surface area contributed by atoms with E-state index in [1.807, 2.05) is 30.3 Å². The van der Waals surface area contributed by atoms with Crippen molar-refractivity contribution < 1.29 is 27.5 Å². The topological polar surface area (TPSA) is 70.7 Å². The summed E-state index contributed by atoms with van der Waals surface area (Å²) in [4.78, 5) is 26.1. The summed E-state index contributed by atoms with van der Waals surface area (Å²) in [5.41, 5.74) is 0.418. The van der Waals surface area contributed by atoms with Gasteiger partial charge in [-0.2, -0.15) is 13.2 Å². The van der Waals surface area contributed by atoms with Gasteiger partial charge in [-0.05, 0) is 36.2 Å². The summed E-state index contributed by atoms with van der Waals surface area (Å²) in [6.45, 7) is 3.24. The van der Waals surface area contributed by atoms with Gasteiger partial charge in [0, 0.05) is 31.9 Å². The number of morpholine rings is 1. The third kappa shape index (κ3) is 6.80. The molecule has 0 spiro atoms. The van der Waals surface area contributed by atoms with Crippen molar-refractivity contribution >= 4 is 17.5 Å². The predicted molar refractivity (Wildman–Crippen MR) is 109 cm³/mol. The number of carbonyl (C=O) groups excluding carboxylic acids is 2. The number of halogens is 3. The number of rotatable bonds is 6. The molecule has 0 aromatic heterocycles. The lowest BCUT2D eigenvalue weighted by atomic mass is 10.1. The SMILES string of the molecule is O=C(NCCCN1CCOC(c2ccccc2)C1)C(=O)Nc1ccc(C(F)(F)F)cc1. The number of anilines is 1. The number of hydrogen-bond acceptors (Lipinski definition) is 4. The minimum atomic E-state index is -4.46. The summed E-state index contributed by atoms with van der Waals surface area (Å²) in [5.74, 6) is -1.75. The van der Waals surface area contributed by atoms with Crippen molar-refractivity contribution in [1.29, 1.82) is 0 Å². The van der Waals surface area contributed by atoms with E-state index < -0.39 is 23.6 Å². The number of ether oxygens (including phenoxy) is 1. The van der Waals surface area contributed by atoms with Crippen molar-refractivity contribution in [3.8, 4) is 0 Å². The van der Waals surface area contributed by atoms with Crippen LogP contribution in [0.15, 0.2) is 54.6 Å². The normalized spacial score (nSPS) is 17.2. The molecule has 0 aliphatic carbocycles. The molecule has 9 heteroatoms. The Morgan fingerprint density at radius 2 is 1.74 bits per heavy atom. The van der Waals surface area contributed by atoms with Crippen LogP contribution in [0.1, 0.15) is 23.7 Å². The Morgan fingerprint density at radius 3 is 2.42 bits per heavy atom. The molecule has 1 atom stereocenters. The third-order valence-corrected chi connectivity index (χ3v) is 4.93. The molecule has 1 saturated heterocycles. The molecule has 1 aliphatic rings. The van der Waals surface area contributed by atoms with Crippen LogP contribution in [-0.2, 0) is 20.5 Å². The van der Waals surface area contributed by atoms with Crippen molar-refractivity contribution in [1.82, 2.24) is 10.2 Å². The first-order chi connectivity index (χ1) is 14.8. The molecular weight excluding hydrogens is 411 g/mol. The monoisotopic (exact) mass is 435 g/mol. The Balaban J connectivity index is 1.37. The first-order valence-electron chi connectivity index (χ1n) is 9.98. The summed E-state index contributed by atoms with van der Waals surface area (Å²) < 4.78 is 43.5. The van der Waals surface area contributed by atoms with Crippen LogP contribution in [0.2, 0.25) is 0 Å². The summed E-state index contributed by atoms with van der Waals surface area (Å²) in [7, 11) is 0. The molecule has 3 rings (SSSR count). The first-order valence-corrected chi connectivity index (χ1v) is 9.98. The highest BCUT2D eigenvalue weighted by molar-refractivity contribution is 6.39. The lowest BCUT2D eigenvalue weighted by Gasteiger charge is -2.33. The largest absolute Gasteiger partial charge is 0.416 e. The minimum Gasteiger partial charge on any atom is -0.371 e. The average Bonchev–Trinajstić information content (AvgIpc) is 2.77. The van der Waals surface area contributed by atoms with E-state index in [2.05, 4.69) is 15.5 Å². The van der Waals surface area contributed by atoms with Gasteiger partial charge in [-0.1, -0.05) is 30.3 Å². The molecule has 1 heterocycles. The molecule has 1 aliphatic heterocycles. The quantitative estimate of drug-likeness (QED) is 0.540. The van der Waals surface area contributed by atoms with Gasteiger partial charge in [0.15, 0.2) is 0 Å². The summed E-state index contributed by atoms with van der Waals surface area (Å²) in [6, 6.07) is 13.9. The van der Waals surface area contributed by atoms with Gasteiger partial charge in [0.25, 0.3) is 0 Å². The molecule has 166 valence electrons. The Bertz CT molecular complexity index is 873. The zero-order chi connectivity index (χ0) is 22.3. The van der Waals surface area contributed by atoms with Crippen LogP contribution in [0, 0.1) is 0 Å². The van der Waals surface area contributed by atoms with Crippen LogP contribution in [0.25, 0.3) is 0 Å². The number of carbonyl (C=O) groups is 2. The van der Waals surface area contributed by atoms with Gasteiger partial charge < -0.3 is 15.4 Å². The standard InChI is InChI=1S/C22H24F3N3O3/c23-22(24,25)17-7-9-18(10-8-17)27-21(30)20(29)26-11-4-12-28-13-14-31-19(15-28)16-5-2-1-3-6-16/h1-3,5-10,19H,4,11-15H2,(H,26,29)(H,27,30). The van der Waals surface area contributed by atoms with Gasteiger partial charge >= 0.3 is 18.0 Å². The maximum Gasteiger partial charge on any atom is 0.416 e. The summed E-state index contributed by atoms with van der Waals surface area (Å²) >= 11 is 0. The Kier molecular flexibility index (Phi) is 7.64. The number of nitrogens with zero attached hydrogens (tertiary/aromatic N) is 1. The molecular formula is C22H24F3N3O3. The highest BCUT2D eigenvalue weighted by Gasteiger charge is 2.30. The van der Waals surface area contributed by atoms with E-state index in [4.69, 9.17) is 4.74 Å². The molecule has 2 N–H and O–H groups in total. The van der Waals surface area contributed by atoms with Gasteiger partial charge in [-0.3, -0.25) is 14.5 Å². The maximum absolute atomic E-state index is 12.6. The van der Waals surface area contributed by atoms with Crippen LogP contribution in [0.3, 0.4) is 0 Å². The minimum absolute atomic E-state index is 0.0130. The van der Waals surface area contributed by atoms with E-state index in [1.165, 1.54) is 0 Å². The van der Waals surface area contributed by atoms with Crippen molar-refractivity contribution in [2.24, 2.45) is 0 Å². The van der Waals surface area contributed by atoms with Crippen LogP contribution >= 0.6 is 0 Å². The second kappa shape index (κ2) is 10.4. The smallest absolute Gasteiger partial charge is 0.371 e. The fourth-order valence-electron chi connectivity index (χ4n) is 3.29. The van der Waals surface area contributed by atoms with Crippen LogP contribution in [0.4, 0.5) is 18.9 Å². The highest BCUT2D eigenvalue weighted by Crippen LogP contribution is 2.29. The van der Waals surface area contributed by atoms with Gasteiger partial charge in [0.05, 0.1) is 18.3 Å². The molecule has 31 heavy (non-hydrogen) atoms. The molecule has 0 saturated carbocycles. The molecule has 2 aromatic rings. The van der Waals surface area contributed by atoms with Crippen molar-refractivity contribution in [2.45, 2.75) is 18.7 Å². The van der Waals surface area contributed by atoms with Crippen LogP contribution in [-0.4, -0.2) is 49.5 Å². The maximum atomic E-state index is 12.6. The van der Waals surface area contributed by atoms with Gasteiger partial charge in [-0.15, -0.1) is 0 Å². The summed E-state index contributed by atoms with van der Waals surface area (Å²) in [6.07, 6.45) is -3.79. The zero-order valence-corrected chi connectivity index (χ0v) is 16.8. The van der Waals surface area contributed by atoms with E-state index in [1.54, 1.807) is 0 Å². The second-order valence-electron chi connectivity index (χ2n) is 7.21. The third-order valence-electron chi connectivity index (χ3n) is 4.93. The number of amides is 2. The number of benzene rings is 2. The number of hydrogen-bond donors (Lipinski definition) is 2. The van der Waals surface area contributed by atoms with Crippen LogP contribution < -0.4 is 10.6 Å². The Hall–Kier alpha value is -2.91. The van der Waals surface area contributed by atoms with Crippen LogP contribution in [0.5, 0.6) is 0 Å². The van der Waals surface area contributed by atoms with E-state index in [9.17, 15) is 22.8 Å². The lowest BCUT2D eigenvalue weighted by Crippen LogP contribution is -2.41. The fourth-order valence-corrected chi connectivity index (χ4v) is 3.29. The Labute approximate surface area is 178 Å².